The fraction of sp³-hybridized carbons (Fsp3) is 0.304. The molecular weight excluding hydrogens is 421 g/mol. The zero-order valence-electron chi connectivity index (χ0n) is 17.4. The van der Waals surface area contributed by atoms with Gasteiger partial charge in [0.05, 0.1) is 30.4 Å². The number of rotatable bonds is 5. The summed E-state index contributed by atoms with van der Waals surface area (Å²) in [4.78, 5) is 19.6. The lowest BCUT2D eigenvalue weighted by molar-refractivity contribution is 0.0719. The molecule has 1 saturated heterocycles. The molecule has 1 fully saturated rings. The number of ether oxygens (including phenoxy) is 2. The predicted molar refractivity (Wildman–Crippen MR) is 119 cm³/mol. The Labute approximate surface area is 184 Å². The zero-order valence-corrected chi connectivity index (χ0v) is 18.1. The Balaban J connectivity index is 1.83. The van der Waals surface area contributed by atoms with Gasteiger partial charge in [-0.2, -0.15) is 0 Å². The lowest BCUT2D eigenvalue weighted by Crippen LogP contribution is -2.36. The predicted octanol–water partition coefficient (Wildman–Crippen LogP) is 5.41. The van der Waals surface area contributed by atoms with E-state index in [-0.39, 0.29) is 10.9 Å². The summed E-state index contributed by atoms with van der Waals surface area (Å²) in [6, 6.07) is 9.62. The number of likely N-dealkylation sites (tertiary alicyclic amines) is 1. The Morgan fingerprint density at radius 1 is 1.06 bits per heavy atom. The van der Waals surface area contributed by atoms with Gasteiger partial charge in [0.2, 0.25) is 0 Å². The molecule has 3 aromatic rings. The van der Waals surface area contributed by atoms with Gasteiger partial charge in [0.15, 0.2) is 11.5 Å². The van der Waals surface area contributed by atoms with Crippen LogP contribution in [0.2, 0.25) is 5.02 Å². The summed E-state index contributed by atoms with van der Waals surface area (Å²) in [6.07, 6.45) is 3.11. The maximum Gasteiger partial charge on any atom is 0.272 e. The van der Waals surface area contributed by atoms with Crippen LogP contribution in [0.15, 0.2) is 36.4 Å². The molecule has 1 aromatic heterocycles. The molecule has 8 heteroatoms. The van der Waals surface area contributed by atoms with E-state index in [0.717, 1.165) is 37.7 Å². The lowest BCUT2D eigenvalue weighted by Gasteiger charge is -2.26. The third-order valence-corrected chi connectivity index (χ3v) is 5.66. The van der Waals surface area contributed by atoms with Crippen molar-refractivity contribution in [1.29, 1.82) is 0 Å². The number of anilines is 2. The number of nitrogens with one attached hydrogen (secondary N) is 1. The molecule has 1 aliphatic heterocycles. The molecule has 31 heavy (non-hydrogen) atoms. The minimum atomic E-state index is -0.501. The van der Waals surface area contributed by atoms with Crippen LogP contribution in [0.3, 0.4) is 0 Å². The number of methoxy groups -OCH3 is 2. The molecule has 0 spiro atoms. The highest BCUT2D eigenvalue weighted by Gasteiger charge is 2.22. The van der Waals surface area contributed by atoms with Gasteiger partial charge in [-0.3, -0.25) is 4.79 Å². The Kier molecular flexibility index (Phi) is 6.13. The molecule has 1 aliphatic rings. The molecule has 4 rings (SSSR count). The molecule has 1 N–H and O–H groups in total. The van der Waals surface area contributed by atoms with Crippen LogP contribution in [-0.4, -0.2) is 43.1 Å². The van der Waals surface area contributed by atoms with Crippen molar-refractivity contribution < 1.29 is 18.7 Å². The van der Waals surface area contributed by atoms with E-state index >= 15 is 0 Å². The zero-order chi connectivity index (χ0) is 22.0. The summed E-state index contributed by atoms with van der Waals surface area (Å²) in [5.74, 6) is 0.434. The van der Waals surface area contributed by atoms with Gasteiger partial charge in [-0.15, -0.1) is 0 Å². The number of carbonyl (C=O) groups excluding carboxylic acids is 1. The number of fused-ring (bicyclic) bond motifs is 1. The molecule has 1 amide bonds. The van der Waals surface area contributed by atoms with E-state index in [1.807, 2.05) is 4.90 Å². The number of piperidine rings is 1. The summed E-state index contributed by atoms with van der Waals surface area (Å²) in [7, 11) is 3.10. The van der Waals surface area contributed by atoms with E-state index in [2.05, 4.69) is 10.3 Å². The summed E-state index contributed by atoms with van der Waals surface area (Å²) >= 11 is 5.94. The number of aromatic nitrogens is 1. The van der Waals surface area contributed by atoms with Crippen LogP contribution in [0.1, 0.15) is 29.8 Å². The average molecular weight is 444 g/mol. The Morgan fingerprint density at radius 3 is 2.45 bits per heavy atom. The van der Waals surface area contributed by atoms with Crippen LogP contribution < -0.4 is 14.8 Å². The molecule has 162 valence electrons. The van der Waals surface area contributed by atoms with Crippen molar-refractivity contribution in [2.24, 2.45) is 0 Å². The fourth-order valence-electron chi connectivity index (χ4n) is 3.75. The number of halogens is 2. The van der Waals surface area contributed by atoms with E-state index in [1.165, 1.54) is 12.1 Å². The number of nitrogens with zero attached hydrogens (tertiary/aromatic N) is 2. The molecule has 2 aromatic carbocycles. The number of amides is 1. The van der Waals surface area contributed by atoms with E-state index in [4.69, 9.17) is 21.1 Å². The largest absolute Gasteiger partial charge is 0.493 e. The molecule has 0 radical (unpaired) electrons. The molecule has 0 atom stereocenters. The van der Waals surface area contributed by atoms with Crippen LogP contribution in [-0.2, 0) is 0 Å². The molecule has 0 aliphatic carbocycles. The molecular formula is C23H23ClFN3O3. The van der Waals surface area contributed by atoms with Crippen molar-refractivity contribution in [2.45, 2.75) is 19.3 Å². The van der Waals surface area contributed by atoms with Crippen molar-refractivity contribution in [3.63, 3.8) is 0 Å². The van der Waals surface area contributed by atoms with Gasteiger partial charge in [-0.05, 0) is 49.6 Å². The summed E-state index contributed by atoms with van der Waals surface area (Å²) in [6.45, 7) is 1.45. The third kappa shape index (κ3) is 4.37. The second kappa shape index (κ2) is 8.98. The molecule has 2 heterocycles. The summed E-state index contributed by atoms with van der Waals surface area (Å²) in [5.41, 5.74) is 2.13. The Bertz CT molecular complexity index is 1130. The number of hydrogen-bond donors (Lipinski definition) is 1. The van der Waals surface area contributed by atoms with Gasteiger partial charge in [-0.1, -0.05) is 11.6 Å². The van der Waals surface area contributed by atoms with E-state index < -0.39 is 5.82 Å². The van der Waals surface area contributed by atoms with Crippen molar-refractivity contribution in [1.82, 2.24) is 9.88 Å². The van der Waals surface area contributed by atoms with Gasteiger partial charge >= 0.3 is 0 Å². The first kappa shape index (κ1) is 21.2. The molecule has 6 nitrogen and oxygen atoms in total. The van der Waals surface area contributed by atoms with Gasteiger partial charge < -0.3 is 19.7 Å². The van der Waals surface area contributed by atoms with Gasteiger partial charge in [-0.25, -0.2) is 9.37 Å². The number of hydrogen-bond acceptors (Lipinski definition) is 5. The highest BCUT2D eigenvalue weighted by Crippen LogP contribution is 2.36. The second-order valence-electron chi connectivity index (χ2n) is 7.39. The number of carbonyl (C=O) groups is 1. The second-order valence-corrected chi connectivity index (χ2v) is 7.79. The van der Waals surface area contributed by atoms with Crippen LogP contribution in [0.5, 0.6) is 11.5 Å². The van der Waals surface area contributed by atoms with Gasteiger partial charge in [0, 0.05) is 30.2 Å². The van der Waals surface area contributed by atoms with Crippen molar-refractivity contribution >= 4 is 39.8 Å². The van der Waals surface area contributed by atoms with E-state index in [0.29, 0.717) is 34.1 Å². The maximum absolute atomic E-state index is 13.6. The average Bonchev–Trinajstić information content (AvgIpc) is 2.80. The molecule has 0 bridgehead atoms. The minimum Gasteiger partial charge on any atom is -0.493 e. The van der Waals surface area contributed by atoms with Crippen molar-refractivity contribution in [2.75, 3.05) is 32.6 Å². The van der Waals surface area contributed by atoms with E-state index in [1.54, 1.807) is 38.5 Å². The first-order valence-corrected chi connectivity index (χ1v) is 10.5. The highest BCUT2D eigenvalue weighted by atomic mass is 35.5. The third-order valence-electron chi connectivity index (χ3n) is 5.38. The van der Waals surface area contributed by atoms with Crippen LogP contribution in [0, 0.1) is 5.82 Å². The Morgan fingerprint density at radius 2 is 1.77 bits per heavy atom. The minimum absolute atomic E-state index is 0.00669. The van der Waals surface area contributed by atoms with Crippen molar-refractivity contribution in [3.8, 4) is 11.5 Å². The van der Waals surface area contributed by atoms with Crippen LogP contribution in [0.25, 0.3) is 10.9 Å². The summed E-state index contributed by atoms with van der Waals surface area (Å²) < 4.78 is 24.4. The summed E-state index contributed by atoms with van der Waals surface area (Å²) in [5, 5.41) is 3.98. The van der Waals surface area contributed by atoms with Crippen molar-refractivity contribution in [3.05, 3.63) is 52.9 Å². The monoisotopic (exact) mass is 443 g/mol. The SMILES string of the molecule is COc1cc2nc(C(=O)N3CCCCC3)cc(Nc3ccc(F)c(Cl)c3)c2cc1OC. The Hall–Kier alpha value is -3.06. The number of benzene rings is 2. The molecule has 0 unspecified atom stereocenters. The maximum atomic E-state index is 13.6. The number of pyridine rings is 1. The quantitative estimate of drug-likeness (QED) is 0.570. The standard InChI is InChI=1S/C23H23ClFN3O3/c1-30-21-11-15-18(26-14-6-7-17(25)16(24)10-14)12-20(27-19(15)13-22(21)31-2)23(29)28-8-4-3-5-9-28/h6-7,10-13H,3-5,8-9H2,1-2H3,(H,26,27). The lowest BCUT2D eigenvalue weighted by atomic mass is 10.1. The van der Waals surface area contributed by atoms with Gasteiger partial charge in [0.1, 0.15) is 11.5 Å². The topological polar surface area (TPSA) is 63.7 Å². The first-order chi connectivity index (χ1) is 15.0. The van der Waals surface area contributed by atoms with Crippen LogP contribution in [0.4, 0.5) is 15.8 Å². The first-order valence-electron chi connectivity index (χ1n) is 10.1. The van der Waals surface area contributed by atoms with Crippen LogP contribution >= 0.6 is 11.6 Å². The van der Waals surface area contributed by atoms with E-state index in [9.17, 15) is 9.18 Å². The highest BCUT2D eigenvalue weighted by molar-refractivity contribution is 6.31. The normalized spacial score (nSPS) is 13.9. The smallest absolute Gasteiger partial charge is 0.272 e. The fourth-order valence-corrected chi connectivity index (χ4v) is 3.93. The molecule has 0 saturated carbocycles. The van der Waals surface area contributed by atoms with Gasteiger partial charge in [0.25, 0.3) is 5.91 Å².